The minimum atomic E-state index is -3.28. The predicted molar refractivity (Wildman–Crippen MR) is 102 cm³/mol. The molecule has 0 radical (unpaired) electrons. The van der Waals surface area contributed by atoms with Gasteiger partial charge in [0.2, 0.25) is 15.9 Å². The molecule has 1 aliphatic carbocycles. The first-order valence-electron chi connectivity index (χ1n) is 9.30. The van der Waals surface area contributed by atoms with E-state index in [1.165, 1.54) is 10.6 Å². The molecule has 1 aliphatic heterocycles. The number of piperidine rings is 1. The molecule has 1 saturated heterocycles. The lowest BCUT2D eigenvalue weighted by atomic mass is 9.95. The summed E-state index contributed by atoms with van der Waals surface area (Å²) in [7, 11) is -3.28. The number of benzene rings is 1. The molecule has 2 fully saturated rings. The molecule has 0 bridgehead atoms. The molecule has 3 rings (SSSR count). The molecule has 148 valence electrons. The Balaban J connectivity index is 1.63. The molecule has 0 aromatic heterocycles. The van der Waals surface area contributed by atoms with E-state index in [0.717, 1.165) is 18.4 Å². The zero-order valence-corrected chi connectivity index (χ0v) is 16.5. The van der Waals surface area contributed by atoms with Crippen molar-refractivity contribution in [2.45, 2.75) is 38.0 Å². The molecular formula is C19H26N2O5S. The third kappa shape index (κ3) is 4.32. The Kier molecular flexibility index (Phi) is 5.58. The Bertz CT molecular complexity index is 815. The maximum absolute atomic E-state index is 12.5. The van der Waals surface area contributed by atoms with Crippen molar-refractivity contribution in [3.8, 4) is 0 Å². The average molecular weight is 394 g/mol. The second kappa shape index (κ2) is 7.59. The standard InChI is InChI=1S/C19H26N2O5S/c1-3-26-18(23)19(10-11-19)15-6-8-16(9-7-15)20-17(22)14-5-4-12-21(13-14)27(2,24)25/h6-9,14H,3-5,10-13H2,1-2H3,(H,20,22). The number of rotatable bonds is 6. The van der Waals surface area contributed by atoms with Crippen LogP contribution < -0.4 is 5.32 Å². The largest absolute Gasteiger partial charge is 0.465 e. The van der Waals surface area contributed by atoms with Gasteiger partial charge in [-0.2, -0.15) is 0 Å². The number of esters is 1. The normalized spacial score (nSPS) is 22.1. The van der Waals surface area contributed by atoms with Crippen LogP contribution in [0.2, 0.25) is 0 Å². The van der Waals surface area contributed by atoms with Crippen LogP contribution in [0.1, 0.15) is 38.2 Å². The van der Waals surface area contributed by atoms with Crippen LogP contribution in [0.25, 0.3) is 0 Å². The summed E-state index contributed by atoms with van der Waals surface area (Å²) in [5.41, 5.74) is 1.01. The second-order valence-corrected chi connectivity index (χ2v) is 9.31. The van der Waals surface area contributed by atoms with E-state index in [1.54, 1.807) is 19.1 Å². The van der Waals surface area contributed by atoms with Gasteiger partial charge in [0, 0.05) is 18.8 Å². The molecule has 1 aromatic carbocycles. The minimum Gasteiger partial charge on any atom is -0.465 e. The summed E-state index contributed by atoms with van der Waals surface area (Å²) < 4.78 is 30.0. The molecule has 1 N–H and O–H groups in total. The fourth-order valence-electron chi connectivity index (χ4n) is 3.58. The fourth-order valence-corrected chi connectivity index (χ4v) is 4.49. The topological polar surface area (TPSA) is 92.8 Å². The molecule has 2 aliphatic rings. The van der Waals surface area contributed by atoms with Gasteiger partial charge in [-0.3, -0.25) is 9.59 Å². The van der Waals surface area contributed by atoms with Crippen molar-refractivity contribution in [2.75, 3.05) is 31.3 Å². The highest BCUT2D eigenvalue weighted by molar-refractivity contribution is 7.88. The molecule has 0 spiro atoms. The quantitative estimate of drug-likeness (QED) is 0.744. The van der Waals surface area contributed by atoms with Crippen molar-refractivity contribution in [1.29, 1.82) is 0 Å². The number of carbonyl (C=O) groups excluding carboxylic acids is 2. The highest BCUT2D eigenvalue weighted by Gasteiger charge is 2.52. The van der Waals surface area contributed by atoms with Crippen LogP contribution in [0.3, 0.4) is 0 Å². The lowest BCUT2D eigenvalue weighted by Crippen LogP contribution is -2.43. The van der Waals surface area contributed by atoms with Gasteiger partial charge in [0.05, 0.1) is 24.2 Å². The van der Waals surface area contributed by atoms with Crippen LogP contribution in [0, 0.1) is 5.92 Å². The first-order chi connectivity index (χ1) is 12.8. The lowest BCUT2D eigenvalue weighted by Gasteiger charge is -2.30. The molecule has 8 heteroatoms. The van der Waals surface area contributed by atoms with Crippen LogP contribution in [0.15, 0.2) is 24.3 Å². The van der Waals surface area contributed by atoms with Crippen molar-refractivity contribution < 1.29 is 22.7 Å². The monoisotopic (exact) mass is 394 g/mol. The maximum atomic E-state index is 12.5. The van der Waals surface area contributed by atoms with Gasteiger partial charge in [0.25, 0.3) is 0 Å². The Hall–Kier alpha value is -1.93. The van der Waals surface area contributed by atoms with Gasteiger partial charge < -0.3 is 10.1 Å². The SMILES string of the molecule is CCOC(=O)C1(c2ccc(NC(=O)C3CCCN(S(C)(=O)=O)C3)cc2)CC1. The van der Waals surface area contributed by atoms with Gasteiger partial charge in [0.15, 0.2) is 0 Å². The summed E-state index contributed by atoms with van der Waals surface area (Å²) >= 11 is 0. The van der Waals surface area contributed by atoms with Crippen molar-refractivity contribution in [3.63, 3.8) is 0 Å². The van der Waals surface area contributed by atoms with E-state index in [4.69, 9.17) is 4.74 Å². The number of ether oxygens (including phenoxy) is 1. The Morgan fingerprint density at radius 1 is 1.26 bits per heavy atom. The minimum absolute atomic E-state index is 0.178. The van der Waals surface area contributed by atoms with Crippen LogP contribution in [-0.4, -0.2) is 50.6 Å². The molecule has 1 atom stereocenters. The number of hydrogen-bond donors (Lipinski definition) is 1. The number of amides is 1. The van der Waals surface area contributed by atoms with Crippen LogP contribution in [-0.2, 0) is 29.8 Å². The van der Waals surface area contributed by atoms with Crippen molar-refractivity contribution >= 4 is 27.6 Å². The predicted octanol–water partition coefficient (Wildman–Crippen LogP) is 1.89. The van der Waals surface area contributed by atoms with E-state index >= 15 is 0 Å². The summed E-state index contributed by atoms with van der Waals surface area (Å²) in [6.07, 6.45) is 4.07. The van der Waals surface area contributed by atoms with Gasteiger partial charge in [-0.15, -0.1) is 0 Å². The maximum Gasteiger partial charge on any atom is 0.316 e. The van der Waals surface area contributed by atoms with E-state index < -0.39 is 15.4 Å². The summed E-state index contributed by atoms with van der Waals surface area (Å²) in [4.78, 5) is 24.7. The fraction of sp³-hybridized carbons (Fsp3) is 0.579. The molecule has 1 heterocycles. The van der Waals surface area contributed by atoms with E-state index in [9.17, 15) is 18.0 Å². The summed E-state index contributed by atoms with van der Waals surface area (Å²) in [5, 5.41) is 2.86. The Morgan fingerprint density at radius 2 is 1.93 bits per heavy atom. The molecule has 1 unspecified atom stereocenters. The first-order valence-corrected chi connectivity index (χ1v) is 11.1. The number of sulfonamides is 1. The van der Waals surface area contributed by atoms with Gasteiger partial charge >= 0.3 is 5.97 Å². The number of nitrogens with one attached hydrogen (secondary N) is 1. The summed E-state index contributed by atoms with van der Waals surface area (Å²) in [6, 6.07) is 7.26. The number of anilines is 1. The van der Waals surface area contributed by atoms with Crippen molar-refractivity contribution in [1.82, 2.24) is 4.31 Å². The number of carbonyl (C=O) groups is 2. The smallest absolute Gasteiger partial charge is 0.316 e. The third-order valence-electron chi connectivity index (χ3n) is 5.35. The third-order valence-corrected chi connectivity index (χ3v) is 6.61. The lowest BCUT2D eigenvalue weighted by molar-refractivity contribution is -0.146. The van der Waals surface area contributed by atoms with Gasteiger partial charge in [-0.05, 0) is 50.3 Å². The van der Waals surface area contributed by atoms with E-state index in [2.05, 4.69) is 5.32 Å². The van der Waals surface area contributed by atoms with Crippen LogP contribution in [0.4, 0.5) is 5.69 Å². The van der Waals surface area contributed by atoms with Crippen molar-refractivity contribution in [2.24, 2.45) is 5.92 Å². The van der Waals surface area contributed by atoms with E-state index in [-0.39, 0.29) is 24.3 Å². The van der Waals surface area contributed by atoms with E-state index in [1.807, 2.05) is 12.1 Å². The number of nitrogens with zero attached hydrogens (tertiary/aromatic N) is 1. The molecule has 7 nitrogen and oxygen atoms in total. The van der Waals surface area contributed by atoms with Crippen molar-refractivity contribution in [3.05, 3.63) is 29.8 Å². The Morgan fingerprint density at radius 3 is 2.48 bits per heavy atom. The molecule has 27 heavy (non-hydrogen) atoms. The zero-order chi connectivity index (χ0) is 19.7. The summed E-state index contributed by atoms with van der Waals surface area (Å²) in [6.45, 7) is 2.84. The highest BCUT2D eigenvalue weighted by atomic mass is 32.2. The molecular weight excluding hydrogens is 368 g/mol. The molecule has 1 saturated carbocycles. The Labute approximate surface area is 160 Å². The van der Waals surface area contributed by atoms with Gasteiger partial charge in [-0.25, -0.2) is 12.7 Å². The van der Waals surface area contributed by atoms with E-state index in [0.29, 0.717) is 31.7 Å². The van der Waals surface area contributed by atoms with Crippen LogP contribution >= 0.6 is 0 Å². The van der Waals surface area contributed by atoms with Gasteiger partial charge in [-0.1, -0.05) is 12.1 Å². The molecule has 1 aromatic rings. The summed E-state index contributed by atoms with van der Waals surface area (Å²) in [5.74, 6) is -0.727. The van der Waals surface area contributed by atoms with Crippen LogP contribution in [0.5, 0.6) is 0 Å². The highest BCUT2D eigenvalue weighted by Crippen LogP contribution is 2.49. The number of hydrogen-bond acceptors (Lipinski definition) is 5. The average Bonchev–Trinajstić information content (AvgIpc) is 3.44. The first kappa shape index (κ1) is 19.8. The zero-order valence-electron chi connectivity index (χ0n) is 15.7. The van der Waals surface area contributed by atoms with Gasteiger partial charge in [0.1, 0.15) is 0 Å². The second-order valence-electron chi connectivity index (χ2n) is 7.33. The molecule has 1 amide bonds.